The standard InChI is InChI=1S/C19H19F3N2O4S/c1-3-11-28-13-8-6-5-7-12(13)9-10-14(25)23-18-24-16(19(20,21)22)15(29-18)17(26)27-4-2/h5-10H,3-4,11H2,1-2H3,(H,23,24,25)/b10-9+. The van der Waals surface area contributed by atoms with Gasteiger partial charge in [0, 0.05) is 11.6 Å². The number of ether oxygens (including phenoxy) is 2. The lowest BCUT2D eigenvalue weighted by molar-refractivity contribution is -0.141. The zero-order valence-corrected chi connectivity index (χ0v) is 16.5. The number of carbonyl (C=O) groups excluding carboxylic acids is 2. The Morgan fingerprint density at radius 2 is 1.97 bits per heavy atom. The van der Waals surface area contributed by atoms with Crippen molar-refractivity contribution >= 4 is 34.4 Å². The number of hydrogen-bond donors (Lipinski definition) is 1. The van der Waals surface area contributed by atoms with E-state index in [0.29, 0.717) is 29.3 Å². The second-order valence-electron chi connectivity index (χ2n) is 5.62. The fourth-order valence-corrected chi connectivity index (χ4v) is 3.06. The van der Waals surface area contributed by atoms with E-state index in [1.807, 2.05) is 6.92 Å². The van der Waals surface area contributed by atoms with Gasteiger partial charge in [-0.25, -0.2) is 9.78 Å². The summed E-state index contributed by atoms with van der Waals surface area (Å²) >= 11 is 0.403. The minimum atomic E-state index is -4.85. The van der Waals surface area contributed by atoms with Crippen molar-refractivity contribution in [3.8, 4) is 5.75 Å². The summed E-state index contributed by atoms with van der Waals surface area (Å²) in [5.41, 5.74) is -0.753. The molecule has 1 aromatic heterocycles. The molecule has 0 aliphatic heterocycles. The van der Waals surface area contributed by atoms with Crippen molar-refractivity contribution in [1.29, 1.82) is 0 Å². The molecule has 0 bridgehead atoms. The van der Waals surface area contributed by atoms with Gasteiger partial charge >= 0.3 is 12.1 Å². The predicted octanol–water partition coefficient (Wildman–Crippen LogP) is 4.78. The number of nitrogens with zero attached hydrogens (tertiary/aromatic N) is 1. The topological polar surface area (TPSA) is 77.5 Å². The van der Waals surface area contributed by atoms with Crippen LogP contribution in [-0.4, -0.2) is 30.1 Å². The number of anilines is 1. The maximum Gasteiger partial charge on any atom is 0.435 e. The van der Waals surface area contributed by atoms with Crippen molar-refractivity contribution in [2.75, 3.05) is 18.5 Å². The Hall–Kier alpha value is -2.88. The smallest absolute Gasteiger partial charge is 0.435 e. The van der Waals surface area contributed by atoms with Crippen molar-refractivity contribution in [2.24, 2.45) is 0 Å². The van der Waals surface area contributed by atoms with Crippen LogP contribution < -0.4 is 10.1 Å². The monoisotopic (exact) mass is 428 g/mol. The van der Waals surface area contributed by atoms with Crippen molar-refractivity contribution in [2.45, 2.75) is 26.4 Å². The fraction of sp³-hybridized carbons (Fsp3) is 0.316. The molecule has 0 saturated carbocycles. The molecule has 2 rings (SSSR count). The maximum absolute atomic E-state index is 13.1. The first kappa shape index (κ1) is 22.4. The second kappa shape index (κ2) is 10.1. The van der Waals surface area contributed by atoms with Gasteiger partial charge in [-0.15, -0.1) is 0 Å². The van der Waals surface area contributed by atoms with Crippen molar-refractivity contribution in [3.05, 3.63) is 46.5 Å². The Morgan fingerprint density at radius 1 is 1.24 bits per heavy atom. The molecular weight excluding hydrogens is 409 g/mol. The summed E-state index contributed by atoms with van der Waals surface area (Å²) < 4.78 is 49.5. The molecule has 10 heteroatoms. The van der Waals surface area contributed by atoms with E-state index in [9.17, 15) is 22.8 Å². The van der Waals surface area contributed by atoms with E-state index in [1.54, 1.807) is 24.3 Å². The van der Waals surface area contributed by atoms with E-state index in [-0.39, 0.29) is 11.7 Å². The Kier molecular flexibility index (Phi) is 7.77. The van der Waals surface area contributed by atoms with Crippen LogP contribution in [0.3, 0.4) is 0 Å². The number of amides is 1. The minimum Gasteiger partial charge on any atom is -0.493 e. The molecular formula is C19H19F3N2O4S. The summed E-state index contributed by atoms with van der Waals surface area (Å²) in [7, 11) is 0. The molecule has 29 heavy (non-hydrogen) atoms. The van der Waals surface area contributed by atoms with Crippen LogP contribution in [0.25, 0.3) is 6.08 Å². The van der Waals surface area contributed by atoms with Gasteiger partial charge in [-0.1, -0.05) is 36.5 Å². The fourth-order valence-electron chi connectivity index (χ4n) is 2.17. The van der Waals surface area contributed by atoms with Gasteiger partial charge < -0.3 is 9.47 Å². The van der Waals surface area contributed by atoms with Gasteiger partial charge in [0.1, 0.15) is 10.6 Å². The number of halogens is 3. The van der Waals surface area contributed by atoms with Crippen LogP contribution in [0.15, 0.2) is 30.3 Å². The first-order valence-electron chi connectivity index (χ1n) is 8.72. The van der Waals surface area contributed by atoms with E-state index in [2.05, 4.69) is 15.0 Å². The first-order chi connectivity index (χ1) is 13.8. The highest BCUT2D eigenvalue weighted by Gasteiger charge is 2.40. The number of nitrogens with one attached hydrogen (secondary N) is 1. The normalized spacial score (nSPS) is 11.5. The van der Waals surface area contributed by atoms with Crippen LogP contribution in [0.4, 0.5) is 18.3 Å². The molecule has 0 unspecified atom stereocenters. The number of para-hydroxylation sites is 1. The molecule has 1 N–H and O–H groups in total. The third-order valence-electron chi connectivity index (χ3n) is 3.38. The van der Waals surface area contributed by atoms with Crippen LogP contribution in [0.5, 0.6) is 5.75 Å². The van der Waals surface area contributed by atoms with Gasteiger partial charge in [0.05, 0.1) is 13.2 Å². The average Bonchev–Trinajstić information content (AvgIpc) is 3.10. The Bertz CT molecular complexity index is 894. The summed E-state index contributed by atoms with van der Waals surface area (Å²) in [6, 6.07) is 7.03. The third kappa shape index (κ3) is 6.31. The van der Waals surface area contributed by atoms with Crippen molar-refractivity contribution in [1.82, 2.24) is 4.98 Å². The van der Waals surface area contributed by atoms with Gasteiger partial charge in [-0.05, 0) is 25.5 Å². The first-order valence-corrected chi connectivity index (χ1v) is 9.53. The molecule has 2 aromatic rings. The van der Waals surface area contributed by atoms with Gasteiger partial charge in [0.2, 0.25) is 5.91 Å². The van der Waals surface area contributed by atoms with Gasteiger partial charge in [0.15, 0.2) is 10.8 Å². The number of rotatable bonds is 8. The molecule has 0 atom stereocenters. The molecule has 1 aromatic carbocycles. The van der Waals surface area contributed by atoms with Crippen molar-refractivity contribution < 1.29 is 32.2 Å². The quantitative estimate of drug-likeness (QED) is 0.484. The van der Waals surface area contributed by atoms with Gasteiger partial charge in [-0.3, -0.25) is 10.1 Å². The number of thiazole rings is 1. The third-order valence-corrected chi connectivity index (χ3v) is 4.33. The van der Waals surface area contributed by atoms with Crippen LogP contribution in [0.2, 0.25) is 0 Å². The molecule has 0 aliphatic rings. The van der Waals surface area contributed by atoms with E-state index in [4.69, 9.17) is 4.74 Å². The van der Waals surface area contributed by atoms with Gasteiger partial charge in [-0.2, -0.15) is 13.2 Å². The molecule has 1 heterocycles. The van der Waals surface area contributed by atoms with E-state index >= 15 is 0 Å². The number of alkyl halides is 3. The number of hydrogen-bond acceptors (Lipinski definition) is 6. The highest BCUT2D eigenvalue weighted by molar-refractivity contribution is 7.17. The summed E-state index contributed by atoms with van der Waals surface area (Å²) in [6.07, 6.45) is -1.42. The van der Waals surface area contributed by atoms with E-state index < -0.39 is 28.6 Å². The predicted molar refractivity (Wildman–Crippen MR) is 103 cm³/mol. The highest BCUT2D eigenvalue weighted by Crippen LogP contribution is 2.36. The molecule has 0 fully saturated rings. The summed E-state index contributed by atoms with van der Waals surface area (Å²) in [6.45, 7) is 3.85. The van der Waals surface area contributed by atoms with Crippen LogP contribution in [0, 0.1) is 0 Å². The molecule has 0 radical (unpaired) electrons. The second-order valence-corrected chi connectivity index (χ2v) is 6.62. The number of aromatic nitrogens is 1. The summed E-state index contributed by atoms with van der Waals surface area (Å²) in [5, 5.41) is 1.88. The number of benzene rings is 1. The van der Waals surface area contributed by atoms with Gasteiger partial charge in [0.25, 0.3) is 0 Å². The zero-order valence-electron chi connectivity index (χ0n) is 15.7. The lowest BCUT2D eigenvalue weighted by atomic mass is 10.2. The van der Waals surface area contributed by atoms with Crippen LogP contribution >= 0.6 is 11.3 Å². The lowest BCUT2D eigenvalue weighted by Gasteiger charge is -2.07. The average molecular weight is 428 g/mol. The molecule has 156 valence electrons. The molecule has 1 amide bonds. The van der Waals surface area contributed by atoms with Crippen molar-refractivity contribution in [3.63, 3.8) is 0 Å². The van der Waals surface area contributed by atoms with E-state index in [0.717, 1.165) is 12.5 Å². The number of carbonyl (C=O) groups is 2. The summed E-state index contributed by atoms with van der Waals surface area (Å²) in [4.78, 5) is 26.5. The Balaban J connectivity index is 2.17. The molecule has 6 nitrogen and oxygen atoms in total. The van der Waals surface area contributed by atoms with Crippen LogP contribution in [-0.2, 0) is 15.7 Å². The van der Waals surface area contributed by atoms with Crippen LogP contribution in [0.1, 0.15) is 41.2 Å². The Morgan fingerprint density at radius 3 is 2.62 bits per heavy atom. The zero-order chi connectivity index (χ0) is 21.4. The van der Waals surface area contributed by atoms with E-state index in [1.165, 1.54) is 13.0 Å². The summed E-state index contributed by atoms with van der Waals surface area (Å²) in [5.74, 6) is -1.26. The molecule has 0 aliphatic carbocycles. The minimum absolute atomic E-state index is 0.0853. The Labute approximate surface area is 169 Å². The SMILES string of the molecule is CCCOc1ccccc1/C=C/C(=O)Nc1nc(C(F)(F)F)c(C(=O)OCC)s1. The molecule has 0 saturated heterocycles. The maximum atomic E-state index is 13.1. The largest absolute Gasteiger partial charge is 0.493 e. The molecule has 0 spiro atoms. The number of esters is 1. The highest BCUT2D eigenvalue weighted by atomic mass is 32.1. The lowest BCUT2D eigenvalue weighted by Crippen LogP contribution is -2.14.